The monoisotopic (exact) mass is 288 g/mol. The maximum atomic E-state index is 12.2. The fourth-order valence-corrected chi connectivity index (χ4v) is 2.01. The van der Waals surface area contributed by atoms with Gasteiger partial charge in [-0.15, -0.1) is 0 Å². The molecule has 6 heteroatoms. The van der Waals surface area contributed by atoms with Crippen LogP contribution in [0.25, 0.3) is 6.08 Å². The lowest BCUT2D eigenvalue weighted by Gasteiger charge is -2.11. The quantitative estimate of drug-likeness (QED) is 0.682. The molecule has 100 valence electrons. The zero-order valence-electron chi connectivity index (χ0n) is 10.2. The lowest BCUT2D eigenvalue weighted by Crippen LogP contribution is -2.30. The zero-order valence-corrected chi connectivity index (χ0v) is 10.9. The van der Waals surface area contributed by atoms with E-state index in [-0.39, 0.29) is 5.70 Å². The molecule has 2 heterocycles. The second-order valence-electron chi connectivity index (χ2n) is 4.16. The molecule has 0 spiro atoms. The summed E-state index contributed by atoms with van der Waals surface area (Å²) in [4.78, 5) is 25.2. The maximum Gasteiger partial charge on any atom is 0.333 e. The first-order chi connectivity index (χ1) is 9.65. The van der Waals surface area contributed by atoms with Gasteiger partial charge < -0.3 is 9.73 Å². The lowest BCUT2D eigenvalue weighted by atomic mass is 10.2. The number of anilines is 1. The molecule has 1 aromatic heterocycles. The van der Waals surface area contributed by atoms with Gasteiger partial charge in [0.05, 0.1) is 18.2 Å². The first-order valence-corrected chi connectivity index (χ1v) is 6.18. The molecule has 1 aromatic carbocycles. The molecule has 2 aromatic rings. The molecule has 3 rings (SSSR count). The number of amides is 3. The van der Waals surface area contributed by atoms with Crippen molar-refractivity contribution in [3.8, 4) is 0 Å². The standard InChI is InChI=1S/C14H9ClN2O3/c15-10-1-3-11(4-2-10)17-13(18)12(16-14(17)19)7-9-5-6-20-8-9/h1-8H,(H,16,19)/b12-7+. The molecule has 1 aliphatic heterocycles. The van der Waals surface area contributed by atoms with E-state index in [0.717, 1.165) is 4.90 Å². The summed E-state index contributed by atoms with van der Waals surface area (Å²) in [5, 5.41) is 3.07. The number of hydrogen-bond acceptors (Lipinski definition) is 3. The molecule has 0 radical (unpaired) electrons. The van der Waals surface area contributed by atoms with Crippen LogP contribution in [0.3, 0.4) is 0 Å². The van der Waals surface area contributed by atoms with E-state index < -0.39 is 11.9 Å². The molecule has 20 heavy (non-hydrogen) atoms. The summed E-state index contributed by atoms with van der Waals surface area (Å²) < 4.78 is 4.91. The summed E-state index contributed by atoms with van der Waals surface area (Å²) in [6, 6.07) is 7.66. The Bertz CT molecular complexity index is 690. The Hall–Kier alpha value is -2.53. The first-order valence-electron chi connectivity index (χ1n) is 5.80. The third-order valence-corrected chi connectivity index (χ3v) is 3.07. The van der Waals surface area contributed by atoms with Gasteiger partial charge in [-0.1, -0.05) is 11.6 Å². The number of imide groups is 1. The van der Waals surface area contributed by atoms with Crippen LogP contribution in [0.1, 0.15) is 5.56 Å². The molecule has 1 saturated heterocycles. The number of benzene rings is 1. The fourth-order valence-electron chi connectivity index (χ4n) is 1.88. The van der Waals surface area contributed by atoms with Crippen molar-refractivity contribution in [3.05, 3.63) is 59.1 Å². The Morgan fingerprint density at radius 2 is 1.90 bits per heavy atom. The second kappa shape index (κ2) is 4.86. The molecule has 1 aliphatic rings. The van der Waals surface area contributed by atoms with Crippen LogP contribution in [-0.2, 0) is 4.79 Å². The Balaban J connectivity index is 1.93. The molecule has 1 fully saturated rings. The average molecular weight is 289 g/mol. The van der Waals surface area contributed by atoms with Gasteiger partial charge in [-0.3, -0.25) is 4.79 Å². The summed E-state index contributed by atoms with van der Waals surface area (Å²) in [5.74, 6) is -0.418. The van der Waals surface area contributed by atoms with Crippen LogP contribution in [0.5, 0.6) is 0 Å². The topological polar surface area (TPSA) is 62.6 Å². The van der Waals surface area contributed by atoms with Gasteiger partial charge in [0.2, 0.25) is 0 Å². The first kappa shape index (κ1) is 12.5. The van der Waals surface area contributed by atoms with E-state index in [1.54, 1.807) is 36.4 Å². The van der Waals surface area contributed by atoms with Crippen molar-refractivity contribution in [2.75, 3.05) is 4.90 Å². The van der Waals surface area contributed by atoms with Crippen molar-refractivity contribution in [1.82, 2.24) is 5.32 Å². The van der Waals surface area contributed by atoms with Gasteiger partial charge in [0.1, 0.15) is 5.70 Å². The summed E-state index contributed by atoms with van der Waals surface area (Å²) >= 11 is 5.79. The fraction of sp³-hybridized carbons (Fsp3) is 0. The normalized spacial score (nSPS) is 16.9. The minimum Gasteiger partial charge on any atom is -0.472 e. The van der Waals surface area contributed by atoms with Crippen LogP contribution >= 0.6 is 11.6 Å². The van der Waals surface area contributed by atoms with Crippen molar-refractivity contribution >= 4 is 35.3 Å². The number of nitrogens with zero attached hydrogens (tertiary/aromatic N) is 1. The highest BCUT2D eigenvalue weighted by Gasteiger charge is 2.34. The maximum absolute atomic E-state index is 12.2. The molecule has 3 amide bonds. The third-order valence-electron chi connectivity index (χ3n) is 2.82. The number of rotatable bonds is 2. The minimum absolute atomic E-state index is 0.200. The van der Waals surface area contributed by atoms with Gasteiger partial charge in [0, 0.05) is 10.6 Å². The van der Waals surface area contributed by atoms with Crippen LogP contribution in [0.15, 0.2) is 53.0 Å². The van der Waals surface area contributed by atoms with Crippen LogP contribution < -0.4 is 10.2 Å². The highest BCUT2D eigenvalue weighted by atomic mass is 35.5. The molecule has 5 nitrogen and oxygen atoms in total. The van der Waals surface area contributed by atoms with E-state index >= 15 is 0 Å². The van der Waals surface area contributed by atoms with E-state index in [0.29, 0.717) is 16.3 Å². The van der Waals surface area contributed by atoms with Gasteiger partial charge in [-0.2, -0.15) is 0 Å². The SMILES string of the molecule is O=C1N/C(=C/c2ccoc2)C(=O)N1c1ccc(Cl)cc1. The van der Waals surface area contributed by atoms with Crippen LogP contribution in [-0.4, -0.2) is 11.9 Å². The second-order valence-corrected chi connectivity index (χ2v) is 4.60. The van der Waals surface area contributed by atoms with Gasteiger partial charge in [0.15, 0.2) is 0 Å². The van der Waals surface area contributed by atoms with Gasteiger partial charge in [-0.05, 0) is 36.4 Å². The Kier molecular flexibility index (Phi) is 3.04. The Morgan fingerprint density at radius 3 is 2.55 bits per heavy atom. The Morgan fingerprint density at radius 1 is 1.15 bits per heavy atom. The molecule has 0 unspecified atom stereocenters. The largest absolute Gasteiger partial charge is 0.472 e. The molecule has 0 bridgehead atoms. The van der Waals surface area contributed by atoms with Crippen LogP contribution in [0.2, 0.25) is 5.02 Å². The van der Waals surface area contributed by atoms with E-state index in [1.807, 2.05) is 0 Å². The van der Waals surface area contributed by atoms with Crippen molar-refractivity contribution in [2.45, 2.75) is 0 Å². The minimum atomic E-state index is -0.493. The van der Waals surface area contributed by atoms with E-state index in [4.69, 9.17) is 16.0 Å². The van der Waals surface area contributed by atoms with Crippen LogP contribution in [0, 0.1) is 0 Å². The van der Waals surface area contributed by atoms with Crippen molar-refractivity contribution < 1.29 is 14.0 Å². The third kappa shape index (κ3) is 2.19. The summed E-state index contributed by atoms with van der Waals surface area (Å²) in [6.07, 6.45) is 4.53. The summed E-state index contributed by atoms with van der Waals surface area (Å²) in [7, 11) is 0. The lowest BCUT2D eigenvalue weighted by molar-refractivity contribution is -0.113. The number of carbonyl (C=O) groups excluding carboxylic acids is 2. The van der Waals surface area contributed by atoms with Gasteiger partial charge >= 0.3 is 6.03 Å². The van der Waals surface area contributed by atoms with Crippen molar-refractivity contribution in [1.29, 1.82) is 0 Å². The highest BCUT2D eigenvalue weighted by Crippen LogP contribution is 2.23. The average Bonchev–Trinajstić information content (AvgIpc) is 3.02. The van der Waals surface area contributed by atoms with Crippen molar-refractivity contribution in [2.24, 2.45) is 0 Å². The molecule has 0 atom stereocenters. The van der Waals surface area contributed by atoms with Gasteiger partial charge in [-0.25, -0.2) is 9.69 Å². The highest BCUT2D eigenvalue weighted by molar-refractivity contribution is 6.31. The predicted molar refractivity (Wildman–Crippen MR) is 74.2 cm³/mol. The summed E-state index contributed by atoms with van der Waals surface area (Å²) in [6.45, 7) is 0. The molecule has 1 N–H and O–H groups in total. The number of urea groups is 1. The molecular weight excluding hydrogens is 280 g/mol. The predicted octanol–water partition coefficient (Wildman–Crippen LogP) is 3.03. The van der Waals surface area contributed by atoms with E-state index in [9.17, 15) is 9.59 Å². The molecular formula is C14H9ClN2O3. The number of carbonyl (C=O) groups is 2. The number of furan rings is 1. The van der Waals surface area contributed by atoms with Crippen LogP contribution in [0.4, 0.5) is 10.5 Å². The van der Waals surface area contributed by atoms with Crippen molar-refractivity contribution in [3.63, 3.8) is 0 Å². The number of hydrogen-bond donors (Lipinski definition) is 1. The number of nitrogens with one attached hydrogen (secondary N) is 1. The van der Waals surface area contributed by atoms with E-state index in [2.05, 4.69) is 5.32 Å². The smallest absolute Gasteiger partial charge is 0.333 e. The zero-order chi connectivity index (χ0) is 14.1. The molecule has 0 saturated carbocycles. The van der Waals surface area contributed by atoms with E-state index in [1.165, 1.54) is 12.5 Å². The number of halogens is 1. The summed E-state index contributed by atoms with van der Waals surface area (Å²) in [5.41, 5.74) is 1.37. The Labute approximate surface area is 119 Å². The molecule has 0 aliphatic carbocycles. The van der Waals surface area contributed by atoms with Gasteiger partial charge in [0.25, 0.3) is 5.91 Å².